The highest BCUT2D eigenvalue weighted by Gasteiger charge is 2.22. The number of nitrogens with one attached hydrogen (secondary N) is 1. The summed E-state index contributed by atoms with van der Waals surface area (Å²) in [5.74, 6) is 0.816. The second-order valence-corrected chi connectivity index (χ2v) is 4.93. The van der Waals surface area contributed by atoms with Gasteiger partial charge in [-0.15, -0.1) is 0 Å². The second-order valence-electron chi connectivity index (χ2n) is 4.93. The standard InChI is InChI=1S/C13H24N4O3/c1-9(2)5-7-17-11(14)10(13(18)20-4)12(16-17)15-6-8-19-3/h9H,5-8,14H2,1-4H3,(H,15,16). The highest BCUT2D eigenvalue weighted by molar-refractivity contribution is 5.99. The maximum atomic E-state index is 11.8. The predicted octanol–water partition coefficient (Wildman–Crippen LogP) is 1.36. The molecule has 7 heteroatoms. The number of anilines is 2. The monoisotopic (exact) mass is 284 g/mol. The maximum Gasteiger partial charge on any atom is 0.345 e. The van der Waals surface area contributed by atoms with Gasteiger partial charge in [-0.1, -0.05) is 13.8 Å². The molecule has 0 aliphatic rings. The summed E-state index contributed by atoms with van der Waals surface area (Å²) in [6.45, 7) is 5.97. The van der Waals surface area contributed by atoms with Crippen LogP contribution in [0.1, 0.15) is 30.6 Å². The summed E-state index contributed by atoms with van der Waals surface area (Å²) < 4.78 is 11.4. The molecule has 0 spiro atoms. The van der Waals surface area contributed by atoms with E-state index in [2.05, 4.69) is 24.3 Å². The number of nitrogens with two attached hydrogens (primary N) is 1. The summed E-state index contributed by atoms with van der Waals surface area (Å²) in [6.07, 6.45) is 0.935. The summed E-state index contributed by atoms with van der Waals surface area (Å²) in [5.41, 5.74) is 6.28. The molecule has 1 aromatic heterocycles. The summed E-state index contributed by atoms with van der Waals surface area (Å²) >= 11 is 0. The molecular weight excluding hydrogens is 260 g/mol. The smallest absolute Gasteiger partial charge is 0.345 e. The second kappa shape index (κ2) is 7.74. The first-order chi connectivity index (χ1) is 9.51. The molecule has 0 fully saturated rings. The highest BCUT2D eigenvalue weighted by Crippen LogP contribution is 2.23. The van der Waals surface area contributed by atoms with Crippen LogP contribution in [0.4, 0.5) is 11.6 Å². The molecule has 0 radical (unpaired) electrons. The zero-order valence-corrected chi connectivity index (χ0v) is 12.6. The van der Waals surface area contributed by atoms with Crippen molar-refractivity contribution in [2.45, 2.75) is 26.8 Å². The Bertz CT molecular complexity index is 443. The van der Waals surface area contributed by atoms with Gasteiger partial charge in [-0.3, -0.25) is 0 Å². The lowest BCUT2D eigenvalue weighted by Crippen LogP contribution is -2.12. The third-order valence-corrected chi connectivity index (χ3v) is 2.90. The van der Waals surface area contributed by atoms with Crippen molar-refractivity contribution in [1.82, 2.24) is 9.78 Å². The quantitative estimate of drug-likeness (QED) is 0.553. The van der Waals surface area contributed by atoms with E-state index in [1.807, 2.05) is 0 Å². The topological polar surface area (TPSA) is 91.4 Å². The fourth-order valence-electron chi connectivity index (χ4n) is 1.72. The van der Waals surface area contributed by atoms with Crippen LogP contribution in [0.2, 0.25) is 0 Å². The molecule has 0 aliphatic carbocycles. The van der Waals surface area contributed by atoms with Crippen LogP contribution in [0.25, 0.3) is 0 Å². The minimum atomic E-state index is -0.488. The Morgan fingerprint density at radius 1 is 1.45 bits per heavy atom. The first kappa shape index (κ1) is 16.3. The van der Waals surface area contributed by atoms with Crippen LogP contribution in [0, 0.1) is 5.92 Å². The number of aryl methyl sites for hydroxylation is 1. The molecule has 1 heterocycles. The van der Waals surface area contributed by atoms with Gasteiger partial charge in [0, 0.05) is 20.2 Å². The Kier molecular flexibility index (Phi) is 6.30. The van der Waals surface area contributed by atoms with E-state index in [1.165, 1.54) is 7.11 Å². The lowest BCUT2D eigenvalue weighted by Gasteiger charge is -2.06. The molecule has 0 atom stereocenters. The Hall–Kier alpha value is -1.76. The molecule has 0 unspecified atom stereocenters. The van der Waals surface area contributed by atoms with E-state index in [0.29, 0.717) is 37.3 Å². The number of nitrogen functional groups attached to an aromatic ring is 1. The average Bonchev–Trinajstić information content (AvgIpc) is 2.72. The van der Waals surface area contributed by atoms with Crippen LogP contribution in [0.15, 0.2) is 0 Å². The van der Waals surface area contributed by atoms with Crippen molar-refractivity contribution >= 4 is 17.6 Å². The van der Waals surface area contributed by atoms with E-state index < -0.39 is 5.97 Å². The van der Waals surface area contributed by atoms with E-state index in [-0.39, 0.29) is 5.56 Å². The minimum absolute atomic E-state index is 0.285. The number of hydrogen-bond donors (Lipinski definition) is 2. The van der Waals surface area contributed by atoms with Gasteiger partial charge in [0.1, 0.15) is 11.4 Å². The highest BCUT2D eigenvalue weighted by atomic mass is 16.5. The molecule has 114 valence electrons. The number of methoxy groups -OCH3 is 2. The number of aromatic nitrogens is 2. The van der Waals surface area contributed by atoms with Crippen LogP contribution in [-0.4, -0.2) is 43.1 Å². The molecular formula is C13H24N4O3. The van der Waals surface area contributed by atoms with Gasteiger partial charge in [-0.05, 0) is 12.3 Å². The van der Waals surface area contributed by atoms with Gasteiger partial charge >= 0.3 is 5.97 Å². The largest absolute Gasteiger partial charge is 0.465 e. The van der Waals surface area contributed by atoms with Gasteiger partial charge in [-0.2, -0.15) is 5.10 Å². The lowest BCUT2D eigenvalue weighted by molar-refractivity contribution is 0.0603. The summed E-state index contributed by atoms with van der Waals surface area (Å²) in [4.78, 5) is 11.8. The summed E-state index contributed by atoms with van der Waals surface area (Å²) in [7, 11) is 2.94. The fourth-order valence-corrected chi connectivity index (χ4v) is 1.72. The molecule has 7 nitrogen and oxygen atoms in total. The van der Waals surface area contributed by atoms with Crippen molar-refractivity contribution in [3.8, 4) is 0 Å². The molecule has 20 heavy (non-hydrogen) atoms. The molecule has 1 aromatic rings. The molecule has 0 bridgehead atoms. The molecule has 0 saturated carbocycles. The van der Waals surface area contributed by atoms with Crippen molar-refractivity contribution in [2.24, 2.45) is 5.92 Å². The number of esters is 1. The SMILES string of the molecule is COCCNc1nn(CCC(C)C)c(N)c1C(=O)OC. The van der Waals surface area contributed by atoms with Gasteiger partial charge in [0.25, 0.3) is 0 Å². The van der Waals surface area contributed by atoms with Gasteiger partial charge in [0.05, 0.1) is 13.7 Å². The fraction of sp³-hybridized carbons (Fsp3) is 0.692. The Balaban J connectivity index is 2.94. The number of carbonyl (C=O) groups excluding carboxylic acids is 1. The van der Waals surface area contributed by atoms with Crippen LogP contribution in [0.3, 0.4) is 0 Å². The van der Waals surface area contributed by atoms with E-state index >= 15 is 0 Å². The maximum absolute atomic E-state index is 11.8. The van der Waals surface area contributed by atoms with E-state index in [4.69, 9.17) is 15.2 Å². The molecule has 0 aromatic carbocycles. The van der Waals surface area contributed by atoms with Gasteiger partial charge in [0.2, 0.25) is 0 Å². The van der Waals surface area contributed by atoms with Crippen molar-refractivity contribution in [2.75, 3.05) is 38.4 Å². The number of ether oxygens (including phenoxy) is 2. The van der Waals surface area contributed by atoms with Gasteiger partial charge < -0.3 is 20.5 Å². The number of carbonyl (C=O) groups is 1. The molecule has 0 saturated heterocycles. The number of hydrogen-bond acceptors (Lipinski definition) is 6. The average molecular weight is 284 g/mol. The third-order valence-electron chi connectivity index (χ3n) is 2.90. The van der Waals surface area contributed by atoms with Crippen LogP contribution in [0.5, 0.6) is 0 Å². The predicted molar refractivity (Wildman–Crippen MR) is 77.8 cm³/mol. The number of rotatable bonds is 8. The zero-order chi connectivity index (χ0) is 15.1. The summed E-state index contributed by atoms with van der Waals surface area (Å²) in [6, 6.07) is 0. The van der Waals surface area contributed by atoms with E-state index in [0.717, 1.165) is 6.42 Å². The number of nitrogens with zero attached hydrogens (tertiary/aromatic N) is 2. The van der Waals surface area contributed by atoms with Crippen molar-refractivity contribution < 1.29 is 14.3 Å². The van der Waals surface area contributed by atoms with Gasteiger partial charge in [-0.25, -0.2) is 9.48 Å². The lowest BCUT2D eigenvalue weighted by atomic mass is 10.1. The first-order valence-corrected chi connectivity index (χ1v) is 6.68. The Labute approximate surface area is 119 Å². The van der Waals surface area contributed by atoms with E-state index in [9.17, 15) is 4.79 Å². The normalized spacial score (nSPS) is 10.8. The molecule has 3 N–H and O–H groups in total. The van der Waals surface area contributed by atoms with Crippen LogP contribution >= 0.6 is 0 Å². The molecule has 0 amide bonds. The van der Waals surface area contributed by atoms with Crippen LogP contribution < -0.4 is 11.1 Å². The first-order valence-electron chi connectivity index (χ1n) is 6.68. The van der Waals surface area contributed by atoms with E-state index in [1.54, 1.807) is 11.8 Å². The Morgan fingerprint density at radius 2 is 2.15 bits per heavy atom. The molecule has 0 aliphatic heterocycles. The Morgan fingerprint density at radius 3 is 2.70 bits per heavy atom. The molecule has 1 rings (SSSR count). The minimum Gasteiger partial charge on any atom is -0.465 e. The van der Waals surface area contributed by atoms with Crippen LogP contribution in [-0.2, 0) is 16.0 Å². The zero-order valence-electron chi connectivity index (χ0n) is 12.6. The van der Waals surface area contributed by atoms with Crippen molar-refractivity contribution in [3.63, 3.8) is 0 Å². The summed E-state index contributed by atoms with van der Waals surface area (Å²) in [5, 5.41) is 7.39. The van der Waals surface area contributed by atoms with Crippen molar-refractivity contribution in [1.29, 1.82) is 0 Å². The van der Waals surface area contributed by atoms with Crippen molar-refractivity contribution in [3.05, 3.63) is 5.56 Å². The third kappa shape index (κ3) is 4.12. The van der Waals surface area contributed by atoms with Gasteiger partial charge in [0.15, 0.2) is 5.82 Å².